The van der Waals surface area contributed by atoms with Gasteiger partial charge >= 0.3 is 0 Å². The largest absolute Gasteiger partial charge is 0.383 e. The van der Waals surface area contributed by atoms with Crippen molar-refractivity contribution in [1.82, 2.24) is 30.0 Å². The minimum absolute atomic E-state index is 0.0286. The average molecular weight is 626 g/mol. The van der Waals surface area contributed by atoms with Gasteiger partial charge in [-0.1, -0.05) is 17.7 Å². The summed E-state index contributed by atoms with van der Waals surface area (Å²) in [4.78, 5) is 29.9. The van der Waals surface area contributed by atoms with Gasteiger partial charge in [-0.25, -0.2) is 13.8 Å². The van der Waals surface area contributed by atoms with E-state index in [1.54, 1.807) is 30.8 Å². The van der Waals surface area contributed by atoms with Crippen LogP contribution in [-0.2, 0) is 18.3 Å². The summed E-state index contributed by atoms with van der Waals surface area (Å²) < 4.78 is 38.9. The zero-order valence-electron chi connectivity index (χ0n) is 24.7. The fourth-order valence-electron chi connectivity index (χ4n) is 5.32. The van der Waals surface area contributed by atoms with Crippen LogP contribution in [0.15, 0.2) is 42.7 Å². The van der Waals surface area contributed by atoms with Crippen LogP contribution in [0.4, 0.5) is 14.5 Å². The number of halogens is 3. The van der Waals surface area contributed by atoms with Crippen LogP contribution in [-0.4, -0.2) is 64.5 Å². The monoisotopic (exact) mass is 625 g/mol. The number of amides is 2. The molecule has 1 aliphatic rings. The van der Waals surface area contributed by atoms with E-state index < -0.39 is 17.5 Å². The Hall–Kier alpha value is -4.13. The summed E-state index contributed by atoms with van der Waals surface area (Å²) in [6.45, 7) is 5.14. The topological polar surface area (TPSA) is 115 Å². The van der Waals surface area contributed by atoms with Crippen LogP contribution < -0.4 is 16.0 Å². The lowest BCUT2D eigenvalue weighted by Gasteiger charge is -2.22. The third-order valence-electron chi connectivity index (χ3n) is 7.93. The van der Waals surface area contributed by atoms with Crippen LogP contribution in [0.3, 0.4) is 0 Å². The fourth-order valence-corrected chi connectivity index (χ4v) is 5.59. The molecule has 2 amide bonds. The van der Waals surface area contributed by atoms with Gasteiger partial charge in [-0.15, -0.1) is 0 Å². The van der Waals surface area contributed by atoms with E-state index in [0.29, 0.717) is 48.1 Å². The molecule has 1 aliphatic heterocycles. The van der Waals surface area contributed by atoms with E-state index in [4.69, 9.17) is 16.3 Å². The van der Waals surface area contributed by atoms with E-state index in [2.05, 4.69) is 26.0 Å². The first-order valence-electron chi connectivity index (χ1n) is 14.3. The van der Waals surface area contributed by atoms with Crippen LogP contribution in [0, 0.1) is 24.5 Å². The summed E-state index contributed by atoms with van der Waals surface area (Å²) in [5.74, 6) is -2.58. The summed E-state index contributed by atoms with van der Waals surface area (Å²) in [5.41, 5.74) is 2.04. The van der Waals surface area contributed by atoms with E-state index in [9.17, 15) is 9.59 Å². The van der Waals surface area contributed by atoms with Crippen molar-refractivity contribution in [2.75, 3.05) is 38.7 Å². The van der Waals surface area contributed by atoms with E-state index in [1.165, 1.54) is 42.2 Å². The number of aromatic nitrogens is 4. The summed E-state index contributed by atoms with van der Waals surface area (Å²) >= 11 is 6.38. The molecule has 2 aromatic carbocycles. The fraction of sp³-hybridized carbons (Fsp3) is 0.355. The first kappa shape index (κ1) is 31.3. The Bertz CT molecular complexity index is 1680. The number of piperidine rings is 1. The second-order valence-corrected chi connectivity index (χ2v) is 11.1. The molecule has 0 unspecified atom stereocenters. The number of anilines is 1. The minimum atomic E-state index is -1.07. The van der Waals surface area contributed by atoms with Gasteiger partial charge in [0.1, 0.15) is 0 Å². The van der Waals surface area contributed by atoms with E-state index in [1.807, 2.05) is 0 Å². The number of hydrogen-bond donors (Lipinski definition) is 3. The molecule has 4 aromatic rings. The van der Waals surface area contributed by atoms with Crippen LogP contribution in [0.25, 0.3) is 22.4 Å². The first-order chi connectivity index (χ1) is 21.2. The lowest BCUT2D eigenvalue weighted by Crippen LogP contribution is -2.36. The molecule has 10 nitrogen and oxygen atoms in total. The van der Waals surface area contributed by atoms with E-state index >= 15 is 8.78 Å². The smallest absolute Gasteiger partial charge is 0.291 e. The van der Waals surface area contributed by atoms with Gasteiger partial charge in [0.2, 0.25) is 0 Å². The van der Waals surface area contributed by atoms with Crippen molar-refractivity contribution < 1.29 is 23.1 Å². The van der Waals surface area contributed by atoms with Gasteiger partial charge in [0.25, 0.3) is 11.8 Å². The molecule has 232 valence electrons. The van der Waals surface area contributed by atoms with Crippen molar-refractivity contribution in [1.29, 1.82) is 0 Å². The number of carbonyl (C=O) groups is 2. The Balaban J connectivity index is 1.29. The maximum atomic E-state index is 15.4. The van der Waals surface area contributed by atoms with Crippen molar-refractivity contribution >= 4 is 29.1 Å². The Morgan fingerprint density at radius 2 is 1.80 bits per heavy atom. The number of ether oxygens (including phenoxy) is 1. The van der Waals surface area contributed by atoms with Crippen molar-refractivity contribution in [3.05, 3.63) is 76.5 Å². The highest BCUT2D eigenvalue weighted by molar-refractivity contribution is 6.34. The summed E-state index contributed by atoms with van der Waals surface area (Å²) in [6, 6.07) is 7.53. The number of nitrogens with one attached hydrogen (secondary N) is 3. The molecule has 3 heterocycles. The third kappa shape index (κ3) is 6.52. The molecule has 0 saturated carbocycles. The Labute approximate surface area is 258 Å². The summed E-state index contributed by atoms with van der Waals surface area (Å²) in [5, 5.41) is 13.4. The van der Waals surface area contributed by atoms with Crippen molar-refractivity contribution in [2.45, 2.75) is 26.3 Å². The molecule has 44 heavy (non-hydrogen) atoms. The second-order valence-electron chi connectivity index (χ2n) is 10.7. The number of imidazole rings is 1. The lowest BCUT2D eigenvalue weighted by atomic mass is 9.98. The van der Waals surface area contributed by atoms with Crippen molar-refractivity contribution in [2.24, 2.45) is 13.0 Å². The molecular formula is C31H34ClF2N7O3. The summed E-state index contributed by atoms with van der Waals surface area (Å²) in [6.07, 6.45) is 4.81. The predicted octanol–water partition coefficient (Wildman–Crippen LogP) is 4.82. The van der Waals surface area contributed by atoms with Gasteiger partial charge in [-0.05, 0) is 63.0 Å². The van der Waals surface area contributed by atoms with Crippen LogP contribution in [0.2, 0.25) is 5.02 Å². The van der Waals surface area contributed by atoms with Gasteiger partial charge in [0, 0.05) is 48.8 Å². The molecule has 0 atom stereocenters. The Kier molecular flexibility index (Phi) is 9.72. The molecule has 1 fully saturated rings. The predicted molar refractivity (Wildman–Crippen MR) is 164 cm³/mol. The van der Waals surface area contributed by atoms with E-state index in [0.717, 1.165) is 25.9 Å². The number of nitrogens with zero attached hydrogens (tertiary/aromatic N) is 4. The second kappa shape index (κ2) is 13.7. The molecule has 2 aromatic heterocycles. The molecular weight excluding hydrogens is 592 g/mol. The molecule has 0 bridgehead atoms. The molecule has 1 saturated heterocycles. The number of carbonyl (C=O) groups excluding carboxylic acids is 2. The zero-order valence-corrected chi connectivity index (χ0v) is 25.5. The molecule has 0 aliphatic carbocycles. The molecule has 0 spiro atoms. The van der Waals surface area contributed by atoms with E-state index in [-0.39, 0.29) is 33.6 Å². The first-order valence-corrected chi connectivity index (χ1v) is 14.7. The normalized spacial score (nSPS) is 13.7. The number of methoxy groups -OCH3 is 1. The standard InChI is InChI=1S/C31H34ClF2N7O3/c1-18-24(16-38-41(18)12-13-44-3)21-6-7-23(28(34)27(21)33)26-17-36-29(40(26)2)31(43)39-20-4-5-22(25(32)14-20)30(42)37-15-19-8-10-35-11-9-19/h4-7,14,16-17,19,35H,8-13,15H2,1-3H3,(H,37,42)(H,39,43). The van der Waals surface area contributed by atoms with Crippen molar-refractivity contribution in [3.8, 4) is 22.4 Å². The van der Waals surface area contributed by atoms with Crippen LogP contribution >= 0.6 is 11.6 Å². The highest BCUT2D eigenvalue weighted by Crippen LogP contribution is 2.33. The molecule has 0 radical (unpaired) electrons. The van der Waals surface area contributed by atoms with Gasteiger partial charge in [0.15, 0.2) is 17.5 Å². The van der Waals surface area contributed by atoms with Gasteiger partial charge in [-0.2, -0.15) is 5.10 Å². The Morgan fingerprint density at radius 3 is 2.52 bits per heavy atom. The summed E-state index contributed by atoms with van der Waals surface area (Å²) in [7, 11) is 3.11. The van der Waals surface area contributed by atoms with Gasteiger partial charge < -0.3 is 25.3 Å². The molecule has 3 N–H and O–H groups in total. The third-order valence-corrected chi connectivity index (χ3v) is 8.24. The lowest BCUT2D eigenvalue weighted by molar-refractivity contribution is 0.0943. The maximum Gasteiger partial charge on any atom is 0.291 e. The van der Waals surface area contributed by atoms with Crippen LogP contribution in [0.1, 0.15) is 39.5 Å². The highest BCUT2D eigenvalue weighted by Gasteiger charge is 2.23. The number of hydrogen-bond acceptors (Lipinski definition) is 6. The zero-order chi connectivity index (χ0) is 31.4. The SMILES string of the molecule is COCCn1ncc(-c2ccc(-c3cnc(C(=O)Nc4ccc(C(=O)NCC5CCNCC5)c(Cl)c4)n3C)c(F)c2F)c1C. The molecule has 5 rings (SSSR count). The van der Waals surface area contributed by atoms with Crippen LogP contribution in [0.5, 0.6) is 0 Å². The Morgan fingerprint density at radius 1 is 1.07 bits per heavy atom. The quantitative estimate of drug-likeness (QED) is 0.233. The number of benzene rings is 2. The van der Waals surface area contributed by atoms with Crippen molar-refractivity contribution in [3.63, 3.8) is 0 Å². The maximum absolute atomic E-state index is 15.4. The number of rotatable bonds is 10. The van der Waals surface area contributed by atoms with Gasteiger partial charge in [-0.3, -0.25) is 14.3 Å². The minimum Gasteiger partial charge on any atom is -0.383 e. The van der Waals surface area contributed by atoms with Gasteiger partial charge in [0.05, 0.1) is 41.8 Å². The highest BCUT2D eigenvalue weighted by atomic mass is 35.5. The average Bonchev–Trinajstić information content (AvgIpc) is 3.58. The molecule has 13 heteroatoms.